The molecule has 3 aromatic rings. The van der Waals surface area contributed by atoms with Crippen LogP contribution in [0.1, 0.15) is 36.3 Å². The molecule has 0 unspecified atom stereocenters. The molecule has 0 aliphatic carbocycles. The van der Waals surface area contributed by atoms with Crippen molar-refractivity contribution in [3.05, 3.63) is 66.1 Å². The Hall–Kier alpha value is -2.31. The summed E-state index contributed by atoms with van der Waals surface area (Å²) in [5.41, 5.74) is 2.81. The second-order valence-electron chi connectivity index (χ2n) is 8.33. The summed E-state index contributed by atoms with van der Waals surface area (Å²) < 4.78 is 2.04. The van der Waals surface area contributed by atoms with E-state index in [1.54, 1.807) is 11.8 Å². The van der Waals surface area contributed by atoms with Gasteiger partial charge in [0.25, 0.3) is 5.91 Å². The predicted molar refractivity (Wildman–Crippen MR) is 123 cm³/mol. The van der Waals surface area contributed by atoms with E-state index in [0.29, 0.717) is 0 Å². The normalized spacial score (nSPS) is 15.2. The fourth-order valence-corrected chi connectivity index (χ4v) is 4.49. The van der Waals surface area contributed by atoms with Gasteiger partial charge in [-0.15, -0.1) is 11.8 Å². The zero-order valence-electron chi connectivity index (χ0n) is 17.8. The first kappa shape index (κ1) is 20.9. The van der Waals surface area contributed by atoms with Crippen molar-refractivity contribution >= 4 is 23.3 Å². The van der Waals surface area contributed by atoms with Crippen molar-refractivity contribution in [1.29, 1.82) is 0 Å². The molecule has 30 heavy (non-hydrogen) atoms. The third-order valence-corrected chi connectivity index (χ3v) is 6.63. The first-order chi connectivity index (χ1) is 14.6. The summed E-state index contributed by atoms with van der Waals surface area (Å²) >= 11 is 1.75. The van der Waals surface area contributed by atoms with Crippen molar-refractivity contribution in [2.75, 3.05) is 32.7 Å². The molecular formula is C24H30N4OS. The van der Waals surface area contributed by atoms with Crippen LogP contribution in [0.2, 0.25) is 0 Å². The third kappa shape index (κ3) is 5.24. The van der Waals surface area contributed by atoms with Crippen LogP contribution in [0.3, 0.4) is 0 Å². The van der Waals surface area contributed by atoms with E-state index < -0.39 is 0 Å². The molecule has 158 valence electrons. The van der Waals surface area contributed by atoms with Crippen molar-refractivity contribution in [2.45, 2.75) is 30.9 Å². The van der Waals surface area contributed by atoms with Crippen LogP contribution in [0.25, 0.3) is 5.65 Å². The SMILES string of the molecule is CC(C)CCN1CCN(C(=O)c2ccc(SCc3cn4ccccc4n3)cc2)CC1. The Morgan fingerprint density at radius 3 is 2.53 bits per heavy atom. The Kier molecular flexibility index (Phi) is 6.75. The van der Waals surface area contributed by atoms with E-state index in [0.717, 1.165) is 66.2 Å². The van der Waals surface area contributed by atoms with Crippen LogP contribution in [0, 0.1) is 5.92 Å². The van der Waals surface area contributed by atoms with Gasteiger partial charge in [-0.3, -0.25) is 9.69 Å². The molecule has 0 atom stereocenters. The fourth-order valence-electron chi connectivity index (χ4n) is 3.71. The summed E-state index contributed by atoms with van der Waals surface area (Å²) in [6, 6.07) is 14.0. The zero-order valence-corrected chi connectivity index (χ0v) is 18.6. The zero-order chi connectivity index (χ0) is 20.9. The summed E-state index contributed by atoms with van der Waals surface area (Å²) in [6.07, 6.45) is 5.31. The number of carbonyl (C=O) groups excluding carboxylic acids is 1. The van der Waals surface area contributed by atoms with Gasteiger partial charge < -0.3 is 9.30 Å². The van der Waals surface area contributed by atoms with E-state index in [1.165, 1.54) is 6.42 Å². The molecular weight excluding hydrogens is 392 g/mol. The molecule has 0 bridgehead atoms. The van der Waals surface area contributed by atoms with Gasteiger partial charge in [0, 0.05) is 54.8 Å². The lowest BCUT2D eigenvalue weighted by molar-refractivity contribution is 0.0631. The van der Waals surface area contributed by atoms with Crippen LogP contribution in [0.15, 0.2) is 59.8 Å². The van der Waals surface area contributed by atoms with Gasteiger partial charge in [0.2, 0.25) is 0 Å². The molecule has 0 saturated carbocycles. The molecule has 6 heteroatoms. The molecule has 3 heterocycles. The Morgan fingerprint density at radius 2 is 1.83 bits per heavy atom. The van der Waals surface area contributed by atoms with Crippen molar-refractivity contribution in [2.24, 2.45) is 5.92 Å². The fraction of sp³-hybridized carbons (Fsp3) is 0.417. The molecule has 1 aromatic carbocycles. The van der Waals surface area contributed by atoms with Crippen LogP contribution >= 0.6 is 11.8 Å². The predicted octanol–water partition coefficient (Wildman–Crippen LogP) is 4.43. The van der Waals surface area contributed by atoms with Crippen LogP contribution in [0.5, 0.6) is 0 Å². The standard InChI is InChI=1S/C24H30N4OS/c1-19(2)10-12-26-13-15-27(16-14-26)24(29)20-6-8-22(9-7-20)30-18-21-17-28-11-4-3-5-23(28)25-21/h3-9,11,17,19H,10,12-16,18H2,1-2H3. The molecule has 1 amide bonds. The van der Waals surface area contributed by atoms with Crippen LogP contribution in [0.4, 0.5) is 0 Å². The minimum absolute atomic E-state index is 0.149. The average Bonchev–Trinajstić information content (AvgIpc) is 3.19. The highest BCUT2D eigenvalue weighted by molar-refractivity contribution is 7.98. The van der Waals surface area contributed by atoms with Gasteiger partial charge in [0.15, 0.2) is 0 Å². The quantitative estimate of drug-likeness (QED) is 0.528. The smallest absolute Gasteiger partial charge is 0.253 e. The monoisotopic (exact) mass is 422 g/mol. The second kappa shape index (κ2) is 9.67. The molecule has 1 aliphatic heterocycles. The van der Waals surface area contributed by atoms with E-state index in [-0.39, 0.29) is 5.91 Å². The number of thioether (sulfide) groups is 1. The summed E-state index contributed by atoms with van der Waals surface area (Å²) in [7, 11) is 0. The largest absolute Gasteiger partial charge is 0.336 e. The Bertz CT molecular complexity index is 941. The summed E-state index contributed by atoms with van der Waals surface area (Å²) in [5.74, 6) is 1.69. The lowest BCUT2D eigenvalue weighted by atomic mass is 10.1. The number of rotatable bonds is 7. The molecule has 1 saturated heterocycles. The molecule has 1 aliphatic rings. The molecule has 5 nitrogen and oxygen atoms in total. The number of pyridine rings is 1. The highest BCUT2D eigenvalue weighted by Crippen LogP contribution is 2.23. The third-order valence-electron chi connectivity index (χ3n) is 5.58. The number of aromatic nitrogens is 2. The molecule has 0 radical (unpaired) electrons. The first-order valence-corrected chi connectivity index (χ1v) is 11.7. The van der Waals surface area contributed by atoms with Crippen LogP contribution in [-0.4, -0.2) is 57.8 Å². The maximum Gasteiger partial charge on any atom is 0.253 e. The number of amides is 1. The number of nitrogens with zero attached hydrogens (tertiary/aromatic N) is 4. The molecule has 2 aromatic heterocycles. The highest BCUT2D eigenvalue weighted by atomic mass is 32.2. The lowest BCUT2D eigenvalue weighted by Crippen LogP contribution is -2.48. The lowest BCUT2D eigenvalue weighted by Gasteiger charge is -2.35. The number of hydrogen-bond acceptors (Lipinski definition) is 4. The molecule has 0 N–H and O–H groups in total. The maximum absolute atomic E-state index is 12.9. The number of fused-ring (bicyclic) bond motifs is 1. The average molecular weight is 423 g/mol. The van der Waals surface area contributed by atoms with Crippen LogP contribution in [-0.2, 0) is 5.75 Å². The first-order valence-electron chi connectivity index (χ1n) is 10.8. The van der Waals surface area contributed by atoms with Crippen molar-refractivity contribution in [3.8, 4) is 0 Å². The number of imidazole rings is 1. The van der Waals surface area contributed by atoms with Crippen molar-refractivity contribution in [3.63, 3.8) is 0 Å². The summed E-state index contributed by atoms with van der Waals surface area (Å²) in [5, 5.41) is 0. The van der Waals surface area contributed by atoms with Gasteiger partial charge in [0.05, 0.1) is 5.69 Å². The van der Waals surface area contributed by atoms with Gasteiger partial charge >= 0.3 is 0 Å². The van der Waals surface area contributed by atoms with E-state index >= 15 is 0 Å². The molecule has 4 rings (SSSR count). The Labute approximate surface area is 183 Å². The maximum atomic E-state index is 12.9. The number of benzene rings is 1. The van der Waals surface area contributed by atoms with E-state index in [4.69, 9.17) is 0 Å². The minimum Gasteiger partial charge on any atom is -0.336 e. The number of hydrogen-bond donors (Lipinski definition) is 0. The van der Waals surface area contributed by atoms with Crippen molar-refractivity contribution < 1.29 is 4.79 Å². The topological polar surface area (TPSA) is 40.9 Å². The van der Waals surface area contributed by atoms with Gasteiger partial charge in [0.1, 0.15) is 5.65 Å². The Balaban J connectivity index is 1.28. The Morgan fingerprint density at radius 1 is 1.07 bits per heavy atom. The number of piperazine rings is 1. The molecule has 1 fully saturated rings. The van der Waals surface area contributed by atoms with Gasteiger partial charge in [-0.05, 0) is 55.3 Å². The van der Waals surface area contributed by atoms with E-state index in [1.807, 2.05) is 58.0 Å². The number of carbonyl (C=O) groups is 1. The van der Waals surface area contributed by atoms with E-state index in [9.17, 15) is 4.79 Å². The van der Waals surface area contributed by atoms with Crippen LogP contribution < -0.4 is 0 Å². The summed E-state index contributed by atoms with van der Waals surface area (Å²) in [4.78, 5) is 23.1. The molecule has 0 spiro atoms. The van der Waals surface area contributed by atoms with Gasteiger partial charge in [-0.25, -0.2) is 4.98 Å². The van der Waals surface area contributed by atoms with Gasteiger partial charge in [-0.1, -0.05) is 19.9 Å². The second-order valence-corrected chi connectivity index (χ2v) is 9.38. The van der Waals surface area contributed by atoms with Crippen molar-refractivity contribution in [1.82, 2.24) is 19.2 Å². The minimum atomic E-state index is 0.149. The van der Waals surface area contributed by atoms with Gasteiger partial charge in [-0.2, -0.15) is 0 Å². The van der Waals surface area contributed by atoms with E-state index in [2.05, 4.69) is 29.9 Å². The highest BCUT2D eigenvalue weighted by Gasteiger charge is 2.22. The summed E-state index contributed by atoms with van der Waals surface area (Å²) in [6.45, 7) is 9.26.